The molecule has 0 amide bonds. The van der Waals surface area contributed by atoms with Crippen LogP contribution in [0.1, 0.15) is 29.1 Å². The van der Waals surface area contributed by atoms with Crippen molar-refractivity contribution in [2.75, 3.05) is 0 Å². The molecule has 0 bridgehead atoms. The SMILES string of the molecule is CC(NS(=O)(=O)c1cc(C(=O)O)n(C)c1)c1ccccn1. The minimum atomic E-state index is -3.82. The van der Waals surface area contributed by atoms with Crippen LogP contribution in [0.2, 0.25) is 0 Å². The molecule has 0 aromatic carbocycles. The molecule has 0 spiro atoms. The highest BCUT2D eigenvalue weighted by Gasteiger charge is 2.22. The first-order valence-corrected chi connectivity index (χ1v) is 7.62. The summed E-state index contributed by atoms with van der Waals surface area (Å²) < 4.78 is 28.2. The van der Waals surface area contributed by atoms with Crippen LogP contribution in [0.4, 0.5) is 0 Å². The summed E-state index contributed by atoms with van der Waals surface area (Å²) >= 11 is 0. The summed E-state index contributed by atoms with van der Waals surface area (Å²) in [6.45, 7) is 1.67. The van der Waals surface area contributed by atoms with Gasteiger partial charge in [-0.25, -0.2) is 17.9 Å². The van der Waals surface area contributed by atoms with Crippen molar-refractivity contribution < 1.29 is 18.3 Å². The second-order valence-corrected chi connectivity index (χ2v) is 6.29. The summed E-state index contributed by atoms with van der Waals surface area (Å²) in [5, 5.41) is 8.96. The maximum Gasteiger partial charge on any atom is 0.352 e. The zero-order valence-electron chi connectivity index (χ0n) is 11.5. The zero-order valence-corrected chi connectivity index (χ0v) is 12.3. The number of hydrogen-bond donors (Lipinski definition) is 2. The second kappa shape index (κ2) is 5.66. The minimum absolute atomic E-state index is 0.0924. The molecular weight excluding hydrogens is 294 g/mol. The van der Waals surface area contributed by atoms with Crippen molar-refractivity contribution in [2.45, 2.75) is 17.9 Å². The quantitative estimate of drug-likeness (QED) is 0.863. The van der Waals surface area contributed by atoms with Gasteiger partial charge in [0.05, 0.1) is 11.7 Å². The monoisotopic (exact) mass is 309 g/mol. The fourth-order valence-corrected chi connectivity index (χ4v) is 3.17. The average Bonchev–Trinajstić information content (AvgIpc) is 2.82. The molecule has 2 N–H and O–H groups in total. The topological polar surface area (TPSA) is 101 Å². The number of nitrogens with zero attached hydrogens (tertiary/aromatic N) is 2. The third-order valence-corrected chi connectivity index (χ3v) is 4.48. The van der Waals surface area contributed by atoms with E-state index in [1.54, 1.807) is 31.3 Å². The van der Waals surface area contributed by atoms with Crippen LogP contribution < -0.4 is 4.72 Å². The third kappa shape index (κ3) is 3.29. The van der Waals surface area contributed by atoms with Gasteiger partial charge < -0.3 is 9.67 Å². The van der Waals surface area contributed by atoms with E-state index in [0.29, 0.717) is 5.69 Å². The van der Waals surface area contributed by atoms with Gasteiger partial charge >= 0.3 is 5.97 Å². The highest BCUT2D eigenvalue weighted by molar-refractivity contribution is 7.89. The second-order valence-electron chi connectivity index (χ2n) is 4.57. The van der Waals surface area contributed by atoms with Crippen molar-refractivity contribution in [3.8, 4) is 0 Å². The summed E-state index contributed by atoms with van der Waals surface area (Å²) in [5.74, 6) is -1.18. The van der Waals surface area contributed by atoms with Gasteiger partial charge in [0.15, 0.2) is 0 Å². The molecule has 8 heteroatoms. The van der Waals surface area contributed by atoms with E-state index < -0.39 is 22.0 Å². The molecule has 1 unspecified atom stereocenters. The molecule has 2 rings (SSSR count). The lowest BCUT2D eigenvalue weighted by Gasteiger charge is -2.12. The van der Waals surface area contributed by atoms with Crippen LogP contribution in [0, 0.1) is 0 Å². The van der Waals surface area contributed by atoms with Crippen molar-refractivity contribution in [1.29, 1.82) is 0 Å². The number of rotatable bonds is 5. The Morgan fingerprint density at radius 3 is 2.67 bits per heavy atom. The summed E-state index contributed by atoms with van der Waals surface area (Å²) in [6, 6.07) is 5.81. The normalized spacial score (nSPS) is 13.0. The number of carbonyl (C=O) groups is 1. The number of carboxylic acid groups (broad SMARTS) is 1. The van der Waals surface area contributed by atoms with Gasteiger partial charge in [-0.15, -0.1) is 0 Å². The number of pyridine rings is 1. The largest absolute Gasteiger partial charge is 0.477 e. The van der Waals surface area contributed by atoms with Gasteiger partial charge in [0.25, 0.3) is 0 Å². The molecular formula is C13H15N3O4S. The summed E-state index contributed by atoms with van der Waals surface area (Å²) in [5.41, 5.74) is 0.483. The van der Waals surface area contributed by atoms with Crippen LogP contribution in [0.5, 0.6) is 0 Å². The Morgan fingerprint density at radius 2 is 2.14 bits per heavy atom. The lowest BCUT2D eigenvalue weighted by Crippen LogP contribution is -2.27. The molecule has 1 atom stereocenters. The van der Waals surface area contributed by atoms with E-state index in [9.17, 15) is 13.2 Å². The molecule has 0 saturated heterocycles. The standard InChI is InChI=1S/C13H15N3O4S/c1-9(11-5-3-4-6-14-11)15-21(19,20)10-7-12(13(17)18)16(2)8-10/h3-9,15H,1-2H3,(H,17,18). The Kier molecular flexibility index (Phi) is 4.10. The van der Waals surface area contributed by atoms with E-state index in [-0.39, 0.29) is 10.6 Å². The molecule has 0 fully saturated rings. The smallest absolute Gasteiger partial charge is 0.352 e. The molecule has 2 aromatic rings. The van der Waals surface area contributed by atoms with Crippen LogP contribution >= 0.6 is 0 Å². The van der Waals surface area contributed by atoms with E-state index >= 15 is 0 Å². The summed E-state index contributed by atoms with van der Waals surface area (Å²) in [6.07, 6.45) is 2.84. The Morgan fingerprint density at radius 1 is 1.43 bits per heavy atom. The van der Waals surface area contributed by atoms with E-state index in [4.69, 9.17) is 5.11 Å². The number of nitrogens with one attached hydrogen (secondary N) is 1. The first-order chi connectivity index (χ1) is 9.81. The predicted octanol–water partition coefficient (Wildman–Crippen LogP) is 1.16. The molecule has 0 saturated carbocycles. The highest BCUT2D eigenvalue weighted by Crippen LogP contribution is 2.17. The Labute approximate surface area is 122 Å². The maximum absolute atomic E-state index is 12.3. The van der Waals surface area contributed by atoms with Crippen molar-refractivity contribution in [2.24, 2.45) is 7.05 Å². The van der Waals surface area contributed by atoms with Crippen molar-refractivity contribution in [3.63, 3.8) is 0 Å². The van der Waals surface area contributed by atoms with Crippen LogP contribution in [-0.4, -0.2) is 29.0 Å². The number of sulfonamides is 1. The Balaban J connectivity index is 2.27. The van der Waals surface area contributed by atoms with Crippen LogP contribution in [0.3, 0.4) is 0 Å². The fourth-order valence-electron chi connectivity index (χ4n) is 1.89. The number of hydrogen-bond acceptors (Lipinski definition) is 4. The van der Waals surface area contributed by atoms with E-state index in [1.807, 2.05) is 0 Å². The van der Waals surface area contributed by atoms with Gasteiger partial charge in [-0.05, 0) is 25.1 Å². The molecule has 7 nitrogen and oxygen atoms in total. The number of aromatic nitrogens is 2. The van der Waals surface area contributed by atoms with E-state index in [1.165, 1.54) is 17.8 Å². The summed E-state index contributed by atoms with van der Waals surface area (Å²) in [7, 11) is -2.34. The van der Waals surface area contributed by atoms with Crippen LogP contribution in [-0.2, 0) is 17.1 Å². The lowest BCUT2D eigenvalue weighted by molar-refractivity contribution is 0.0686. The molecule has 2 aromatic heterocycles. The first kappa shape index (κ1) is 15.2. The first-order valence-electron chi connectivity index (χ1n) is 6.14. The fraction of sp³-hybridized carbons (Fsp3) is 0.231. The number of aromatic carboxylic acids is 1. The van der Waals surface area contributed by atoms with Crippen LogP contribution in [0.15, 0.2) is 41.6 Å². The van der Waals surface area contributed by atoms with E-state index in [2.05, 4.69) is 9.71 Å². The van der Waals surface area contributed by atoms with Crippen molar-refractivity contribution in [3.05, 3.63) is 48.0 Å². The van der Waals surface area contributed by atoms with Gasteiger partial charge in [-0.1, -0.05) is 6.07 Å². The Bertz CT molecular complexity index is 753. The van der Waals surface area contributed by atoms with Gasteiger partial charge in [-0.2, -0.15) is 0 Å². The number of aryl methyl sites for hydroxylation is 1. The van der Waals surface area contributed by atoms with Gasteiger partial charge in [-0.3, -0.25) is 4.98 Å². The molecule has 2 heterocycles. The zero-order chi connectivity index (χ0) is 15.6. The molecule has 0 aliphatic carbocycles. The molecule has 21 heavy (non-hydrogen) atoms. The van der Waals surface area contributed by atoms with Gasteiger partial charge in [0, 0.05) is 19.4 Å². The molecule has 0 aliphatic rings. The average molecular weight is 309 g/mol. The lowest BCUT2D eigenvalue weighted by atomic mass is 10.2. The molecule has 112 valence electrons. The van der Waals surface area contributed by atoms with Crippen molar-refractivity contribution in [1.82, 2.24) is 14.3 Å². The predicted molar refractivity (Wildman–Crippen MR) is 75.3 cm³/mol. The van der Waals surface area contributed by atoms with Crippen LogP contribution in [0.25, 0.3) is 0 Å². The number of carboxylic acids is 1. The van der Waals surface area contributed by atoms with E-state index in [0.717, 1.165) is 6.07 Å². The molecule has 0 aliphatic heterocycles. The minimum Gasteiger partial charge on any atom is -0.477 e. The van der Waals surface area contributed by atoms with Crippen molar-refractivity contribution >= 4 is 16.0 Å². The third-order valence-electron chi connectivity index (χ3n) is 2.97. The highest BCUT2D eigenvalue weighted by atomic mass is 32.2. The maximum atomic E-state index is 12.3. The van der Waals surface area contributed by atoms with Gasteiger partial charge in [0.1, 0.15) is 10.6 Å². The summed E-state index contributed by atoms with van der Waals surface area (Å²) in [4.78, 5) is 14.9. The Hall–Kier alpha value is -2.19. The molecule has 0 radical (unpaired) electrons. The van der Waals surface area contributed by atoms with Gasteiger partial charge in [0.2, 0.25) is 10.0 Å².